The van der Waals surface area contributed by atoms with E-state index in [2.05, 4.69) is 17.1 Å². The van der Waals surface area contributed by atoms with E-state index in [0.29, 0.717) is 11.3 Å². The molecule has 7 heteroatoms. The summed E-state index contributed by atoms with van der Waals surface area (Å²) in [5.74, 6) is -0.273. The number of carbonyl (C=O) groups is 1. The molecular formula is C21H29N3O3S. The Morgan fingerprint density at radius 2 is 1.68 bits per heavy atom. The largest absolute Gasteiger partial charge is 0.375 e. The Balaban J connectivity index is 2.19. The molecule has 1 amide bonds. The van der Waals surface area contributed by atoms with Gasteiger partial charge in [0.25, 0.3) is 5.91 Å². The van der Waals surface area contributed by atoms with Crippen molar-refractivity contribution in [2.24, 2.45) is 0 Å². The molecule has 0 aliphatic carbocycles. The predicted molar refractivity (Wildman–Crippen MR) is 115 cm³/mol. The molecule has 2 aromatic rings. The van der Waals surface area contributed by atoms with Gasteiger partial charge in [0, 0.05) is 44.6 Å². The number of rotatable bonds is 8. The van der Waals surface area contributed by atoms with Crippen LogP contribution in [0.25, 0.3) is 0 Å². The lowest BCUT2D eigenvalue weighted by Gasteiger charge is -2.19. The molecule has 0 spiro atoms. The Kier molecular flexibility index (Phi) is 7.21. The summed E-state index contributed by atoms with van der Waals surface area (Å²) >= 11 is 0. The molecule has 0 aromatic heterocycles. The van der Waals surface area contributed by atoms with Gasteiger partial charge in [0.1, 0.15) is 0 Å². The monoisotopic (exact) mass is 403 g/mol. The number of aryl methyl sites for hydroxylation is 1. The molecule has 0 unspecified atom stereocenters. The van der Waals surface area contributed by atoms with E-state index in [0.717, 1.165) is 34.9 Å². The maximum absolute atomic E-state index is 12.6. The molecule has 0 fully saturated rings. The van der Waals surface area contributed by atoms with E-state index in [9.17, 15) is 13.2 Å². The maximum Gasteiger partial charge on any atom is 0.255 e. The van der Waals surface area contributed by atoms with Crippen molar-refractivity contribution in [2.45, 2.75) is 31.6 Å². The van der Waals surface area contributed by atoms with Crippen molar-refractivity contribution in [2.75, 3.05) is 37.9 Å². The van der Waals surface area contributed by atoms with E-state index in [1.165, 1.54) is 20.2 Å². The molecule has 0 radical (unpaired) electrons. The third kappa shape index (κ3) is 5.11. The van der Waals surface area contributed by atoms with Crippen LogP contribution in [0.1, 0.15) is 35.7 Å². The molecule has 6 nitrogen and oxygen atoms in total. The highest BCUT2D eigenvalue weighted by Crippen LogP contribution is 2.23. The summed E-state index contributed by atoms with van der Waals surface area (Å²) in [4.78, 5) is 14.9. The van der Waals surface area contributed by atoms with Gasteiger partial charge in [-0.05, 0) is 55.3 Å². The third-order valence-electron chi connectivity index (χ3n) is 4.65. The topological polar surface area (TPSA) is 69.7 Å². The van der Waals surface area contributed by atoms with Gasteiger partial charge in [-0.25, -0.2) is 12.7 Å². The number of amides is 1. The third-order valence-corrected chi connectivity index (χ3v) is 6.46. The van der Waals surface area contributed by atoms with E-state index in [-0.39, 0.29) is 10.8 Å². The SMILES string of the molecule is CCCCN(C)c1ccc(C(=O)Nc2cc(S(=O)(=O)N(C)C)ccc2C)cc1. The van der Waals surface area contributed by atoms with Gasteiger partial charge in [-0.1, -0.05) is 19.4 Å². The normalized spacial score (nSPS) is 11.5. The second kappa shape index (κ2) is 9.21. The minimum absolute atomic E-state index is 0.145. The fraction of sp³-hybridized carbons (Fsp3) is 0.381. The zero-order chi connectivity index (χ0) is 20.9. The summed E-state index contributed by atoms with van der Waals surface area (Å²) in [5.41, 5.74) is 2.85. The lowest BCUT2D eigenvalue weighted by atomic mass is 10.1. The van der Waals surface area contributed by atoms with Gasteiger partial charge in [-0.15, -0.1) is 0 Å². The maximum atomic E-state index is 12.6. The second-order valence-corrected chi connectivity index (χ2v) is 9.19. The fourth-order valence-corrected chi connectivity index (χ4v) is 3.62. The molecular weight excluding hydrogens is 374 g/mol. The molecule has 0 heterocycles. The molecule has 0 saturated carbocycles. The first-order valence-electron chi connectivity index (χ1n) is 9.32. The Labute approximate surface area is 168 Å². The molecule has 0 bridgehead atoms. The van der Waals surface area contributed by atoms with Crippen LogP contribution in [0.5, 0.6) is 0 Å². The van der Waals surface area contributed by atoms with Gasteiger partial charge in [0.15, 0.2) is 0 Å². The summed E-state index contributed by atoms with van der Waals surface area (Å²) < 4.78 is 25.8. The molecule has 2 aromatic carbocycles. The summed E-state index contributed by atoms with van der Waals surface area (Å²) in [7, 11) is 1.43. The number of hydrogen-bond donors (Lipinski definition) is 1. The van der Waals surface area contributed by atoms with Crippen LogP contribution in [0.4, 0.5) is 11.4 Å². The molecule has 28 heavy (non-hydrogen) atoms. The first-order valence-corrected chi connectivity index (χ1v) is 10.8. The molecule has 0 saturated heterocycles. The average molecular weight is 404 g/mol. The van der Waals surface area contributed by atoms with Crippen molar-refractivity contribution >= 4 is 27.3 Å². The minimum Gasteiger partial charge on any atom is -0.375 e. The zero-order valence-electron chi connectivity index (χ0n) is 17.2. The van der Waals surface area contributed by atoms with E-state index in [1.54, 1.807) is 24.3 Å². The van der Waals surface area contributed by atoms with Crippen molar-refractivity contribution in [1.29, 1.82) is 0 Å². The molecule has 152 valence electrons. The lowest BCUT2D eigenvalue weighted by molar-refractivity contribution is 0.102. The minimum atomic E-state index is -3.56. The standard InChI is InChI=1S/C21H29N3O3S/c1-6-7-14-24(5)18-11-9-17(10-12-18)21(25)22-20-15-19(13-8-16(20)2)28(26,27)23(3)4/h8-13,15H,6-7,14H2,1-5H3,(H,22,25). The van der Waals surface area contributed by atoms with Gasteiger partial charge in [0.2, 0.25) is 10.0 Å². The predicted octanol–water partition coefficient (Wildman–Crippen LogP) is 3.73. The number of nitrogens with one attached hydrogen (secondary N) is 1. The van der Waals surface area contributed by atoms with Crippen LogP contribution in [0.15, 0.2) is 47.4 Å². The van der Waals surface area contributed by atoms with Crippen LogP contribution in [-0.4, -0.2) is 46.3 Å². The van der Waals surface area contributed by atoms with Crippen LogP contribution in [0.2, 0.25) is 0 Å². The number of hydrogen-bond acceptors (Lipinski definition) is 4. The number of carbonyl (C=O) groups excluding carboxylic acids is 1. The highest BCUT2D eigenvalue weighted by molar-refractivity contribution is 7.89. The second-order valence-electron chi connectivity index (χ2n) is 7.04. The van der Waals surface area contributed by atoms with Gasteiger partial charge in [-0.2, -0.15) is 0 Å². The van der Waals surface area contributed by atoms with E-state index >= 15 is 0 Å². The molecule has 0 aliphatic rings. The van der Waals surface area contributed by atoms with E-state index < -0.39 is 10.0 Å². The molecule has 2 rings (SSSR count). The van der Waals surface area contributed by atoms with Crippen LogP contribution >= 0.6 is 0 Å². The first-order chi connectivity index (χ1) is 13.2. The van der Waals surface area contributed by atoms with Gasteiger partial charge in [-0.3, -0.25) is 4.79 Å². The lowest BCUT2D eigenvalue weighted by Crippen LogP contribution is -2.22. The Morgan fingerprint density at radius 1 is 1.04 bits per heavy atom. The first kappa shape index (κ1) is 21.9. The van der Waals surface area contributed by atoms with E-state index in [4.69, 9.17) is 0 Å². The van der Waals surface area contributed by atoms with Crippen molar-refractivity contribution in [3.05, 3.63) is 53.6 Å². The smallest absolute Gasteiger partial charge is 0.255 e. The Morgan fingerprint density at radius 3 is 2.25 bits per heavy atom. The average Bonchev–Trinajstić information content (AvgIpc) is 2.67. The van der Waals surface area contributed by atoms with Crippen LogP contribution in [-0.2, 0) is 10.0 Å². The van der Waals surface area contributed by atoms with Gasteiger partial charge < -0.3 is 10.2 Å². The van der Waals surface area contributed by atoms with Crippen molar-refractivity contribution in [3.8, 4) is 0 Å². The quantitative estimate of drug-likeness (QED) is 0.729. The number of sulfonamides is 1. The van der Waals surface area contributed by atoms with Crippen LogP contribution in [0, 0.1) is 6.92 Å². The van der Waals surface area contributed by atoms with Gasteiger partial charge >= 0.3 is 0 Å². The zero-order valence-corrected chi connectivity index (χ0v) is 18.0. The van der Waals surface area contributed by atoms with Gasteiger partial charge in [0.05, 0.1) is 4.90 Å². The van der Waals surface area contributed by atoms with E-state index in [1.807, 2.05) is 26.1 Å². The summed E-state index contributed by atoms with van der Waals surface area (Å²) in [6.45, 7) is 4.95. The van der Waals surface area contributed by atoms with Crippen molar-refractivity contribution in [3.63, 3.8) is 0 Å². The number of anilines is 2. The highest BCUT2D eigenvalue weighted by Gasteiger charge is 2.19. The Bertz CT molecular complexity index is 922. The van der Waals surface area contributed by atoms with Crippen molar-refractivity contribution in [1.82, 2.24) is 4.31 Å². The van der Waals surface area contributed by atoms with Crippen LogP contribution in [0.3, 0.4) is 0 Å². The molecule has 1 N–H and O–H groups in total. The molecule has 0 aliphatic heterocycles. The summed E-state index contributed by atoms with van der Waals surface area (Å²) in [6, 6.07) is 12.1. The number of nitrogens with zero attached hydrogens (tertiary/aromatic N) is 2. The number of benzene rings is 2. The summed E-state index contributed by atoms with van der Waals surface area (Å²) in [6.07, 6.45) is 2.25. The molecule has 0 atom stereocenters. The summed E-state index contributed by atoms with van der Waals surface area (Å²) in [5, 5.41) is 2.83. The van der Waals surface area contributed by atoms with Crippen molar-refractivity contribution < 1.29 is 13.2 Å². The number of unbranched alkanes of at least 4 members (excludes halogenated alkanes) is 1. The Hall–Kier alpha value is -2.38. The highest BCUT2D eigenvalue weighted by atomic mass is 32.2. The van der Waals surface area contributed by atoms with Crippen LogP contribution < -0.4 is 10.2 Å². The fourth-order valence-electron chi connectivity index (χ4n) is 2.69.